The van der Waals surface area contributed by atoms with E-state index in [1.165, 1.54) is 11.8 Å². The highest BCUT2D eigenvalue weighted by molar-refractivity contribution is 8.13. The van der Waals surface area contributed by atoms with E-state index in [4.69, 9.17) is 0 Å². The highest BCUT2D eigenvalue weighted by atomic mass is 32.2. The van der Waals surface area contributed by atoms with Crippen LogP contribution in [0.5, 0.6) is 0 Å². The average molecular weight is 148 g/mol. The summed E-state index contributed by atoms with van der Waals surface area (Å²) in [5.41, 5.74) is 0. The third-order valence-corrected chi connectivity index (χ3v) is 1.27. The summed E-state index contributed by atoms with van der Waals surface area (Å²) in [5.74, 6) is 0. The Kier molecular flexibility index (Phi) is 5.51. The predicted octanol–water partition coefficient (Wildman–Crippen LogP) is 1.38. The van der Waals surface area contributed by atoms with Crippen LogP contribution in [0.1, 0.15) is 0 Å². The molecule has 0 saturated carbocycles. The lowest BCUT2D eigenvalue weighted by Gasteiger charge is -1.90. The number of alkyl halides is 1. The van der Waals surface area contributed by atoms with E-state index >= 15 is 0 Å². The van der Waals surface area contributed by atoms with Crippen molar-refractivity contribution in [2.75, 3.05) is 19.5 Å². The lowest BCUT2D eigenvalue weighted by Crippen LogP contribution is -1.89. The summed E-state index contributed by atoms with van der Waals surface area (Å²) >= 11 is 1.36. The lowest BCUT2D eigenvalue weighted by atomic mass is 10.8. The van der Waals surface area contributed by atoms with Gasteiger partial charge in [-0.1, -0.05) is 11.8 Å². The molecule has 0 spiro atoms. The molecule has 0 aliphatic heterocycles. The predicted molar refractivity (Wildman–Crippen MR) is 41.3 cm³/mol. The molecule has 0 aliphatic rings. The van der Waals surface area contributed by atoms with E-state index < -0.39 is 6.67 Å². The molecule has 0 bridgehead atoms. The van der Waals surface area contributed by atoms with Gasteiger partial charge in [-0.25, -0.2) is 9.38 Å². The maximum Gasteiger partial charge on any atom is 0.182 e. The molecule has 0 unspecified atom stereocenters. The van der Waals surface area contributed by atoms with Crippen LogP contribution in [0.4, 0.5) is 4.39 Å². The minimum Gasteiger partial charge on any atom is -0.258 e. The summed E-state index contributed by atoms with van der Waals surface area (Å²) in [4.78, 5) is 7.29. The van der Waals surface area contributed by atoms with E-state index in [1.54, 1.807) is 0 Å². The SMILES string of the molecule is C=NC(=NCCF)SC. The van der Waals surface area contributed by atoms with Gasteiger partial charge >= 0.3 is 0 Å². The molecule has 0 fully saturated rings. The molecule has 52 valence electrons. The number of aliphatic imine (C=N–C) groups is 2. The molecule has 0 N–H and O–H groups in total. The molecule has 0 rings (SSSR count). The molecule has 4 heteroatoms. The maximum atomic E-state index is 11.4. The Bertz CT molecular complexity index is 114. The number of rotatable bonds is 2. The standard InChI is InChI=1S/C5H9FN2S/c1-7-5(9-2)8-4-3-6/h1,3-4H2,2H3. The van der Waals surface area contributed by atoms with Gasteiger partial charge in [0.1, 0.15) is 6.67 Å². The van der Waals surface area contributed by atoms with Gasteiger partial charge in [0.15, 0.2) is 5.17 Å². The van der Waals surface area contributed by atoms with Crippen LogP contribution in [0.3, 0.4) is 0 Å². The van der Waals surface area contributed by atoms with Crippen LogP contribution in [0.2, 0.25) is 0 Å². The Morgan fingerprint density at radius 2 is 2.44 bits per heavy atom. The second-order valence-electron chi connectivity index (χ2n) is 1.22. The van der Waals surface area contributed by atoms with Gasteiger partial charge in [-0.05, 0) is 13.0 Å². The maximum absolute atomic E-state index is 11.4. The molecule has 0 aromatic carbocycles. The Hall–Kier alpha value is -0.380. The van der Waals surface area contributed by atoms with Gasteiger partial charge in [0.2, 0.25) is 0 Å². The highest BCUT2D eigenvalue weighted by Crippen LogP contribution is 1.97. The number of nitrogens with zero attached hydrogens (tertiary/aromatic N) is 2. The van der Waals surface area contributed by atoms with Crippen molar-refractivity contribution in [1.29, 1.82) is 0 Å². The molecule has 0 aromatic heterocycles. The van der Waals surface area contributed by atoms with Crippen LogP contribution in [0.25, 0.3) is 0 Å². The minimum absolute atomic E-state index is 0.190. The fourth-order valence-electron chi connectivity index (χ4n) is 0.317. The molecule has 0 aromatic rings. The minimum atomic E-state index is -0.431. The summed E-state index contributed by atoms with van der Waals surface area (Å²) in [6.45, 7) is 3.02. The van der Waals surface area contributed by atoms with Crippen molar-refractivity contribution in [3.8, 4) is 0 Å². The highest BCUT2D eigenvalue weighted by Gasteiger charge is 1.87. The zero-order valence-electron chi connectivity index (χ0n) is 5.30. The van der Waals surface area contributed by atoms with Crippen molar-refractivity contribution in [3.63, 3.8) is 0 Å². The third kappa shape index (κ3) is 4.14. The van der Waals surface area contributed by atoms with E-state index in [0.717, 1.165) is 0 Å². The number of amidine groups is 1. The van der Waals surface area contributed by atoms with Gasteiger partial charge in [0, 0.05) is 0 Å². The van der Waals surface area contributed by atoms with Crippen molar-refractivity contribution >= 4 is 23.6 Å². The molecule has 0 atom stereocenters. The molecule has 0 amide bonds. The lowest BCUT2D eigenvalue weighted by molar-refractivity contribution is 0.505. The molecule has 0 heterocycles. The fourth-order valence-corrected chi connectivity index (χ4v) is 0.666. The van der Waals surface area contributed by atoms with Crippen LogP contribution in [0, 0.1) is 0 Å². The Morgan fingerprint density at radius 3 is 2.78 bits per heavy atom. The molecule has 9 heavy (non-hydrogen) atoms. The van der Waals surface area contributed by atoms with Gasteiger partial charge in [-0.3, -0.25) is 4.99 Å². The van der Waals surface area contributed by atoms with Crippen LogP contribution in [-0.2, 0) is 0 Å². The van der Waals surface area contributed by atoms with Crippen molar-refractivity contribution in [2.24, 2.45) is 9.98 Å². The van der Waals surface area contributed by atoms with Gasteiger partial charge in [-0.15, -0.1) is 0 Å². The molecule has 2 nitrogen and oxygen atoms in total. The Labute approximate surface area is 58.3 Å². The van der Waals surface area contributed by atoms with E-state index in [2.05, 4.69) is 16.7 Å². The van der Waals surface area contributed by atoms with E-state index in [9.17, 15) is 4.39 Å². The third-order valence-electron chi connectivity index (χ3n) is 0.649. The van der Waals surface area contributed by atoms with Gasteiger partial charge in [0.25, 0.3) is 0 Å². The summed E-state index contributed by atoms with van der Waals surface area (Å²) < 4.78 is 11.4. The monoisotopic (exact) mass is 148 g/mol. The van der Waals surface area contributed by atoms with Crippen molar-refractivity contribution in [2.45, 2.75) is 0 Å². The first-order valence-corrected chi connectivity index (χ1v) is 3.68. The summed E-state index contributed by atoms with van der Waals surface area (Å²) in [6, 6.07) is 0. The molecule has 0 aliphatic carbocycles. The number of halogens is 1. The van der Waals surface area contributed by atoms with Crippen molar-refractivity contribution in [3.05, 3.63) is 0 Å². The normalized spacial score (nSPS) is 11.6. The van der Waals surface area contributed by atoms with E-state index in [1.807, 2.05) is 6.26 Å². The topological polar surface area (TPSA) is 24.7 Å². The Morgan fingerprint density at radius 1 is 1.78 bits per heavy atom. The first kappa shape index (κ1) is 8.62. The van der Waals surface area contributed by atoms with Crippen LogP contribution >= 0.6 is 11.8 Å². The summed E-state index contributed by atoms with van der Waals surface area (Å²) in [6.07, 6.45) is 1.83. The first-order chi connectivity index (χ1) is 4.35. The summed E-state index contributed by atoms with van der Waals surface area (Å²) in [5, 5.41) is 0.549. The molecular formula is C5H9FN2S. The second-order valence-corrected chi connectivity index (χ2v) is 1.99. The largest absolute Gasteiger partial charge is 0.258 e. The van der Waals surface area contributed by atoms with Crippen molar-refractivity contribution in [1.82, 2.24) is 0 Å². The number of hydrogen-bond acceptors (Lipinski definition) is 2. The molecule has 0 saturated heterocycles. The number of hydrogen-bond donors (Lipinski definition) is 0. The van der Waals surface area contributed by atoms with Gasteiger partial charge in [0.05, 0.1) is 6.54 Å². The summed E-state index contributed by atoms with van der Waals surface area (Å²) in [7, 11) is 0. The quantitative estimate of drug-likeness (QED) is 0.429. The smallest absolute Gasteiger partial charge is 0.182 e. The van der Waals surface area contributed by atoms with Crippen molar-refractivity contribution < 1.29 is 4.39 Å². The van der Waals surface area contributed by atoms with Gasteiger partial charge in [-0.2, -0.15) is 0 Å². The average Bonchev–Trinajstić information content (AvgIpc) is 1.91. The molecule has 0 radical (unpaired) electrons. The zero-order valence-corrected chi connectivity index (χ0v) is 6.12. The van der Waals surface area contributed by atoms with Crippen LogP contribution in [-0.4, -0.2) is 31.4 Å². The second kappa shape index (κ2) is 5.75. The van der Waals surface area contributed by atoms with Gasteiger partial charge < -0.3 is 0 Å². The zero-order chi connectivity index (χ0) is 7.11. The first-order valence-electron chi connectivity index (χ1n) is 2.46. The molecular weight excluding hydrogens is 139 g/mol. The fraction of sp³-hybridized carbons (Fsp3) is 0.600. The Balaban J connectivity index is 3.61. The van der Waals surface area contributed by atoms with Crippen LogP contribution in [0.15, 0.2) is 9.98 Å². The van der Waals surface area contributed by atoms with E-state index in [0.29, 0.717) is 5.17 Å². The number of thioether (sulfide) groups is 1. The van der Waals surface area contributed by atoms with E-state index in [-0.39, 0.29) is 6.54 Å². The van der Waals surface area contributed by atoms with Crippen LogP contribution < -0.4 is 0 Å².